The third kappa shape index (κ3) is 5.69. The van der Waals surface area contributed by atoms with Crippen LogP contribution in [0.15, 0.2) is 72.8 Å². The topological polar surface area (TPSA) is 149 Å². The average Bonchev–Trinajstić information content (AvgIpc) is 3.30. The summed E-state index contributed by atoms with van der Waals surface area (Å²) in [6, 6.07) is 23.3. The predicted octanol–water partition coefficient (Wildman–Crippen LogP) is 3.83. The van der Waals surface area contributed by atoms with Crippen LogP contribution < -0.4 is 20.3 Å². The van der Waals surface area contributed by atoms with Crippen molar-refractivity contribution >= 4 is 34.4 Å². The minimum absolute atomic E-state index is 0.154. The number of carbonyl (C=O) groups excluding carboxylic acids is 3. The van der Waals surface area contributed by atoms with Crippen LogP contribution in [-0.4, -0.2) is 53.9 Å². The molecule has 4 aromatic rings. The van der Waals surface area contributed by atoms with Crippen LogP contribution in [0.3, 0.4) is 0 Å². The molecule has 0 fully saturated rings. The maximum Gasteiger partial charge on any atom is 0.491 e. The van der Waals surface area contributed by atoms with Crippen molar-refractivity contribution in [2.45, 2.75) is 31.4 Å². The van der Waals surface area contributed by atoms with Crippen LogP contribution in [0.25, 0.3) is 16.6 Å². The summed E-state index contributed by atoms with van der Waals surface area (Å²) >= 11 is 0. The summed E-state index contributed by atoms with van der Waals surface area (Å²) < 4.78 is 50.7. The summed E-state index contributed by atoms with van der Waals surface area (Å²) in [5.74, 6) is -4.28. The standard InChI is InChI=1S/C32H25F3N6O5/c1-31(38-2,46-30(44)32(33,34)35)29(43)39-22-18-45-27-14-8-7-13-25(27)40(28(22)42)17-21-20-10-4-6-12-24(20)41(26(21)16-37)23-11-5-3-9-19(23)15-36/h3-14,22,38H,17-18H2,1-2H3,(H,39,43)/t22-,31-/m0/s1. The summed E-state index contributed by atoms with van der Waals surface area (Å²) in [5.41, 5.74) is -0.224. The number of carbonyl (C=O) groups is 3. The van der Waals surface area contributed by atoms with E-state index < -0.39 is 42.3 Å². The van der Waals surface area contributed by atoms with Crippen molar-refractivity contribution in [2.75, 3.05) is 18.6 Å². The molecule has 5 rings (SSSR count). The zero-order valence-corrected chi connectivity index (χ0v) is 24.4. The molecule has 0 saturated carbocycles. The SMILES string of the molecule is CN[C@@](C)(OC(=O)C(F)(F)F)C(=O)N[C@H]1COc2ccccc2N(Cc2c(C#N)n(-c3ccccc3C#N)c3ccccc23)C1=O. The Morgan fingerprint density at radius 3 is 2.33 bits per heavy atom. The number of amides is 2. The number of ether oxygens (including phenoxy) is 2. The normalized spacial score (nSPS) is 15.8. The van der Waals surface area contributed by atoms with Gasteiger partial charge in [-0.15, -0.1) is 0 Å². The zero-order valence-electron chi connectivity index (χ0n) is 24.4. The number of hydrogen-bond donors (Lipinski definition) is 2. The minimum Gasteiger partial charge on any atom is -0.489 e. The number of aromatic nitrogens is 1. The molecule has 2 atom stereocenters. The molecular weight excluding hydrogens is 605 g/mol. The highest BCUT2D eigenvalue weighted by molar-refractivity contribution is 6.03. The summed E-state index contributed by atoms with van der Waals surface area (Å²) in [6.45, 7) is 0.310. The number of benzene rings is 3. The molecule has 0 aliphatic carbocycles. The highest BCUT2D eigenvalue weighted by Crippen LogP contribution is 2.36. The number of para-hydroxylation sites is 4. The monoisotopic (exact) mass is 630 g/mol. The van der Waals surface area contributed by atoms with Gasteiger partial charge in [-0.05, 0) is 44.3 Å². The summed E-state index contributed by atoms with van der Waals surface area (Å²) in [4.78, 5) is 40.2. The number of rotatable bonds is 7. The molecule has 0 unspecified atom stereocenters. The number of halogens is 3. The van der Waals surface area contributed by atoms with Crippen molar-refractivity contribution in [1.29, 1.82) is 10.5 Å². The fraction of sp³-hybridized carbons (Fsp3) is 0.219. The lowest BCUT2D eigenvalue weighted by molar-refractivity contribution is -0.215. The van der Waals surface area contributed by atoms with Crippen molar-refractivity contribution < 1.29 is 37.0 Å². The Hall–Kier alpha value is -5.86. The van der Waals surface area contributed by atoms with E-state index in [0.717, 1.165) is 14.0 Å². The van der Waals surface area contributed by atoms with Gasteiger partial charge in [-0.3, -0.25) is 19.5 Å². The third-order valence-electron chi connectivity index (χ3n) is 7.54. The molecule has 2 heterocycles. The number of likely N-dealkylation sites (N-methyl/N-ethyl adjacent to an activating group) is 1. The van der Waals surface area contributed by atoms with Crippen LogP contribution >= 0.6 is 0 Å². The molecule has 14 heteroatoms. The van der Waals surface area contributed by atoms with Gasteiger partial charge >= 0.3 is 12.1 Å². The quantitative estimate of drug-likeness (QED) is 0.231. The lowest BCUT2D eigenvalue weighted by Gasteiger charge is -2.30. The Balaban J connectivity index is 1.57. The maximum atomic E-state index is 14.1. The van der Waals surface area contributed by atoms with E-state index in [0.29, 0.717) is 33.4 Å². The highest BCUT2D eigenvalue weighted by Gasteiger charge is 2.48. The fourth-order valence-corrected chi connectivity index (χ4v) is 5.13. The van der Waals surface area contributed by atoms with Crippen LogP contribution in [0, 0.1) is 22.7 Å². The molecular formula is C32H25F3N6O5. The molecule has 1 aliphatic rings. The van der Waals surface area contributed by atoms with Crippen molar-refractivity contribution in [2.24, 2.45) is 0 Å². The van der Waals surface area contributed by atoms with Crippen LogP contribution in [0.1, 0.15) is 23.7 Å². The smallest absolute Gasteiger partial charge is 0.489 e. The van der Waals surface area contributed by atoms with E-state index in [1.165, 1.54) is 4.90 Å². The second kappa shape index (κ2) is 12.3. The summed E-state index contributed by atoms with van der Waals surface area (Å²) in [5, 5.41) is 25.4. The van der Waals surface area contributed by atoms with Crippen molar-refractivity contribution in [3.05, 3.63) is 89.6 Å². The number of esters is 1. The molecule has 1 aliphatic heterocycles. The molecule has 0 saturated heterocycles. The average molecular weight is 631 g/mol. The van der Waals surface area contributed by atoms with Crippen molar-refractivity contribution in [1.82, 2.24) is 15.2 Å². The van der Waals surface area contributed by atoms with Crippen LogP contribution in [0.4, 0.5) is 18.9 Å². The minimum atomic E-state index is -5.37. The molecule has 0 bridgehead atoms. The Bertz CT molecular complexity index is 1940. The molecule has 46 heavy (non-hydrogen) atoms. The molecule has 2 N–H and O–H groups in total. The zero-order chi connectivity index (χ0) is 33.2. The van der Waals surface area contributed by atoms with Gasteiger partial charge < -0.3 is 19.7 Å². The van der Waals surface area contributed by atoms with Gasteiger partial charge in [0.25, 0.3) is 11.8 Å². The van der Waals surface area contributed by atoms with E-state index in [-0.39, 0.29) is 18.0 Å². The lowest BCUT2D eigenvalue weighted by Crippen LogP contribution is -2.62. The van der Waals surface area contributed by atoms with Gasteiger partial charge in [0.05, 0.1) is 29.0 Å². The van der Waals surface area contributed by atoms with E-state index >= 15 is 0 Å². The van der Waals surface area contributed by atoms with Crippen LogP contribution in [0.2, 0.25) is 0 Å². The van der Waals surface area contributed by atoms with Crippen molar-refractivity contribution in [3.8, 4) is 23.6 Å². The van der Waals surface area contributed by atoms with Gasteiger partial charge in [0.15, 0.2) is 0 Å². The Morgan fingerprint density at radius 2 is 1.65 bits per heavy atom. The summed E-state index contributed by atoms with van der Waals surface area (Å²) in [7, 11) is 1.11. The van der Waals surface area contributed by atoms with Gasteiger partial charge in [0.1, 0.15) is 36.2 Å². The van der Waals surface area contributed by atoms with Gasteiger partial charge in [-0.25, -0.2) is 4.79 Å². The number of nitriles is 2. The van der Waals surface area contributed by atoms with Gasteiger partial charge in [0, 0.05) is 10.9 Å². The molecule has 0 spiro atoms. The molecule has 234 valence electrons. The second-order valence-electron chi connectivity index (χ2n) is 10.3. The fourth-order valence-electron chi connectivity index (χ4n) is 5.13. The highest BCUT2D eigenvalue weighted by atomic mass is 19.4. The molecule has 11 nitrogen and oxygen atoms in total. The van der Waals surface area contributed by atoms with E-state index in [9.17, 15) is 38.1 Å². The Morgan fingerprint density at radius 1 is 1.00 bits per heavy atom. The molecule has 1 aromatic heterocycles. The first-order valence-corrected chi connectivity index (χ1v) is 13.8. The van der Waals surface area contributed by atoms with E-state index in [1.807, 2.05) is 0 Å². The predicted molar refractivity (Wildman–Crippen MR) is 157 cm³/mol. The van der Waals surface area contributed by atoms with E-state index in [2.05, 4.69) is 27.5 Å². The lowest BCUT2D eigenvalue weighted by atomic mass is 10.1. The molecule has 3 aromatic carbocycles. The molecule has 0 radical (unpaired) electrons. The van der Waals surface area contributed by atoms with E-state index in [4.69, 9.17) is 4.74 Å². The van der Waals surface area contributed by atoms with Crippen LogP contribution in [-0.2, 0) is 25.7 Å². The number of alkyl halides is 3. The van der Waals surface area contributed by atoms with Gasteiger partial charge in [-0.1, -0.05) is 42.5 Å². The Labute approximate surface area is 260 Å². The van der Waals surface area contributed by atoms with Gasteiger partial charge in [0.2, 0.25) is 5.72 Å². The van der Waals surface area contributed by atoms with Gasteiger partial charge in [-0.2, -0.15) is 23.7 Å². The summed E-state index contributed by atoms with van der Waals surface area (Å²) in [6.07, 6.45) is -5.37. The first kappa shape index (κ1) is 31.6. The Kier molecular flexibility index (Phi) is 8.41. The van der Waals surface area contributed by atoms with Crippen LogP contribution in [0.5, 0.6) is 5.75 Å². The largest absolute Gasteiger partial charge is 0.491 e. The first-order valence-electron chi connectivity index (χ1n) is 13.8. The number of hydrogen-bond acceptors (Lipinski definition) is 8. The van der Waals surface area contributed by atoms with E-state index in [1.54, 1.807) is 77.4 Å². The maximum absolute atomic E-state index is 14.1. The number of fused-ring (bicyclic) bond motifs is 2. The second-order valence-corrected chi connectivity index (χ2v) is 10.3. The number of nitrogens with one attached hydrogen (secondary N) is 2. The third-order valence-corrected chi connectivity index (χ3v) is 7.54. The number of anilines is 1. The molecule has 2 amide bonds. The van der Waals surface area contributed by atoms with Crippen molar-refractivity contribution in [3.63, 3.8) is 0 Å². The first-order chi connectivity index (χ1) is 21.9. The number of nitrogens with zero attached hydrogens (tertiary/aromatic N) is 4.